The summed E-state index contributed by atoms with van der Waals surface area (Å²) in [6.45, 7) is 4.61. The fourth-order valence-corrected chi connectivity index (χ4v) is 4.19. The van der Waals surface area contributed by atoms with Crippen LogP contribution in [0.3, 0.4) is 0 Å². The van der Waals surface area contributed by atoms with Gasteiger partial charge in [0.2, 0.25) is 11.0 Å². The number of ether oxygens (including phenoxy) is 2. The van der Waals surface area contributed by atoms with Crippen molar-refractivity contribution in [3.63, 3.8) is 0 Å². The van der Waals surface area contributed by atoms with E-state index >= 15 is 0 Å². The van der Waals surface area contributed by atoms with Gasteiger partial charge in [-0.25, -0.2) is 5.43 Å². The number of benzene rings is 3. The normalized spacial score (nSPS) is 10.8. The van der Waals surface area contributed by atoms with E-state index in [2.05, 4.69) is 26.0 Å². The van der Waals surface area contributed by atoms with E-state index in [1.807, 2.05) is 74.5 Å². The lowest BCUT2D eigenvalue weighted by Gasteiger charge is -2.10. The van der Waals surface area contributed by atoms with Crippen molar-refractivity contribution in [2.45, 2.75) is 20.3 Å². The number of hydrogen-bond donors (Lipinski definition) is 2. The number of nitrogens with one attached hydrogen (secondary N) is 2. The van der Waals surface area contributed by atoms with Crippen molar-refractivity contribution in [1.82, 2.24) is 15.6 Å². The van der Waals surface area contributed by atoms with Gasteiger partial charge in [0.25, 0.3) is 5.91 Å². The molecule has 0 atom stereocenters. The Labute approximate surface area is 224 Å². The molecule has 0 aliphatic rings. The molecular weight excluding hydrogens is 502 g/mol. The quantitative estimate of drug-likeness (QED) is 0.167. The Balaban J connectivity index is 1.24. The summed E-state index contributed by atoms with van der Waals surface area (Å²) in [6.07, 6.45) is 1.49. The van der Waals surface area contributed by atoms with E-state index in [1.54, 1.807) is 12.1 Å². The van der Waals surface area contributed by atoms with Crippen molar-refractivity contribution in [3.8, 4) is 11.5 Å². The van der Waals surface area contributed by atoms with Crippen molar-refractivity contribution >= 4 is 34.5 Å². The number of rotatable bonds is 11. The number of hydrazone groups is 1. The molecule has 0 unspecified atom stereocenters. The summed E-state index contributed by atoms with van der Waals surface area (Å²) in [5, 5.41) is 15.5. The summed E-state index contributed by atoms with van der Waals surface area (Å²) in [5.74, 6) is 0.778. The van der Waals surface area contributed by atoms with Crippen LogP contribution >= 0.6 is 11.3 Å². The number of amides is 2. The van der Waals surface area contributed by atoms with Crippen LogP contribution < -0.4 is 20.2 Å². The molecule has 0 saturated heterocycles. The van der Waals surface area contributed by atoms with Gasteiger partial charge in [-0.05, 0) is 55.3 Å². The number of para-hydroxylation sites is 1. The van der Waals surface area contributed by atoms with Crippen molar-refractivity contribution in [1.29, 1.82) is 0 Å². The fourth-order valence-electron chi connectivity index (χ4n) is 3.45. The largest absolute Gasteiger partial charge is 0.490 e. The smallest absolute Gasteiger partial charge is 0.257 e. The van der Waals surface area contributed by atoms with E-state index in [0.717, 1.165) is 28.2 Å². The molecule has 4 aromatic rings. The Kier molecular flexibility index (Phi) is 9.14. The lowest BCUT2D eigenvalue weighted by molar-refractivity contribution is -0.120. The molecule has 0 aliphatic carbocycles. The predicted octanol–water partition coefficient (Wildman–Crippen LogP) is 4.56. The third-order valence-electron chi connectivity index (χ3n) is 5.30. The van der Waals surface area contributed by atoms with Gasteiger partial charge in [-0.1, -0.05) is 53.8 Å². The first-order chi connectivity index (χ1) is 18.5. The number of carbonyl (C=O) groups is 2. The molecule has 1 heterocycles. The highest BCUT2D eigenvalue weighted by molar-refractivity contribution is 7.15. The molecule has 0 bridgehead atoms. The van der Waals surface area contributed by atoms with Crippen LogP contribution in [0, 0.1) is 13.8 Å². The molecule has 2 N–H and O–H groups in total. The van der Waals surface area contributed by atoms with Gasteiger partial charge in [0, 0.05) is 11.1 Å². The average Bonchev–Trinajstić information content (AvgIpc) is 3.34. The monoisotopic (exact) mass is 529 g/mol. The lowest BCUT2D eigenvalue weighted by Crippen LogP contribution is -2.19. The van der Waals surface area contributed by atoms with Crippen LogP contribution in [0.2, 0.25) is 0 Å². The minimum Gasteiger partial charge on any atom is -0.490 e. The lowest BCUT2D eigenvalue weighted by atomic mass is 10.1. The Morgan fingerprint density at radius 3 is 2.58 bits per heavy atom. The highest BCUT2D eigenvalue weighted by Gasteiger charge is 2.13. The molecule has 0 fully saturated rings. The molecule has 38 heavy (non-hydrogen) atoms. The number of nitrogens with zero attached hydrogens (tertiary/aromatic N) is 3. The summed E-state index contributed by atoms with van der Waals surface area (Å²) in [4.78, 5) is 24.8. The molecule has 4 rings (SSSR count). The molecule has 194 valence electrons. The average molecular weight is 530 g/mol. The summed E-state index contributed by atoms with van der Waals surface area (Å²) < 4.78 is 11.6. The Bertz CT molecular complexity index is 1440. The van der Waals surface area contributed by atoms with E-state index in [-0.39, 0.29) is 18.2 Å². The SMILES string of the molecule is Cc1cccc(OCCOc2ccccc2/C=N/NC(=O)Cc2nnc(NC(=O)c3ccccc3C)s2)c1. The van der Waals surface area contributed by atoms with Gasteiger partial charge in [-0.2, -0.15) is 5.10 Å². The van der Waals surface area contributed by atoms with Gasteiger partial charge in [-0.15, -0.1) is 10.2 Å². The zero-order chi connectivity index (χ0) is 26.7. The van der Waals surface area contributed by atoms with Gasteiger partial charge >= 0.3 is 0 Å². The van der Waals surface area contributed by atoms with Crippen molar-refractivity contribution in [2.24, 2.45) is 5.10 Å². The van der Waals surface area contributed by atoms with Gasteiger partial charge < -0.3 is 9.47 Å². The number of carbonyl (C=O) groups excluding carboxylic acids is 2. The first-order valence-electron chi connectivity index (χ1n) is 11.9. The maximum absolute atomic E-state index is 12.4. The molecule has 3 aromatic carbocycles. The second kappa shape index (κ2) is 13.1. The van der Waals surface area contributed by atoms with Crippen molar-refractivity contribution in [3.05, 3.63) is 100 Å². The van der Waals surface area contributed by atoms with Gasteiger partial charge in [0.1, 0.15) is 29.7 Å². The molecule has 1 aromatic heterocycles. The van der Waals surface area contributed by atoms with Crippen molar-refractivity contribution < 1.29 is 19.1 Å². The molecule has 0 aliphatic heterocycles. The topological polar surface area (TPSA) is 115 Å². The van der Waals surface area contributed by atoms with Crippen LogP contribution in [0.15, 0.2) is 77.9 Å². The van der Waals surface area contributed by atoms with Gasteiger partial charge in [0.05, 0.1) is 12.6 Å². The zero-order valence-corrected chi connectivity index (χ0v) is 21.8. The van der Waals surface area contributed by atoms with Crippen LogP contribution in [-0.4, -0.2) is 41.4 Å². The highest BCUT2D eigenvalue weighted by atomic mass is 32.1. The van der Waals surface area contributed by atoms with Crippen LogP contribution in [0.4, 0.5) is 5.13 Å². The second-order valence-electron chi connectivity index (χ2n) is 8.29. The first-order valence-corrected chi connectivity index (χ1v) is 12.7. The Morgan fingerprint density at radius 1 is 0.947 bits per heavy atom. The van der Waals surface area contributed by atoms with Crippen LogP contribution in [0.1, 0.15) is 32.1 Å². The van der Waals surface area contributed by atoms with Crippen LogP contribution in [-0.2, 0) is 11.2 Å². The summed E-state index contributed by atoms with van der Waals surface area (Å²) in [7, 11) is 0. The third kappa shape index (κ3) is 7.71. The zero-order valence-electron chi connectivity index (χ0n) is 21.0. The molecule has 0 saturated carbocycles. The molecule has 2 amide bonds. The summed E-state index contributed by atoms with van der Waals surface area (Å²) in [6, 6.07) is 22.5. The summed E-state index contributed by atoms with van der Waals surface area (Å²) in [5.41, 5.74) is 5.73. The number of aromatic nitrogens is 2. The standard InChI is InChI=1S/C28H27N5O4S/c1-19-8-7-11-22(16-19)36-14-15-37-24-13-6-4-10-21(24)18-29-31-25(34)17-26-32-33-28(38-26)30-27(35)23-12-5-3-9-20(23)2/h3-13,16,18H,14-15,17H2,1-2H3,(H,31,34)(H,30,33,35)/b29-18+. The second-order valence-corrected chi connectivity index (χ2v) is 9.35. The maximum Gasteiger partial charge on any atom is 0.257 e. The number of hydrogen-bond acceptors (Lipinski definition) is 8. The van der Waals surface area contributed by atoms with E-state index in [0.29, 0.717) is 40.2 Å². The van der Waals surface area contributed by atoms with Crippen LogP contribution in [0.5, 0.6) is 11.5 Å². The van der Waals surface area contributed by atoms with E-state index in [9.17, 15) is 9.59 Å². The van der Waals surface area contributed by atoms with E-state index in [4.69, 9.17) is 9.47 Å². The number of anilines is 1. The predicted molar refractivity (Wildman–Crippen MR) is 147 cm³/mol. The molecule has 9 nitrogen and oxygen atoms in total. The Hall–Kier alpha value is -4.57. The minimum atomic E-state index is -0.362. The van der Waals surface area contributed by atoms with Crippen molar-refractivity contribution in [2.75, 3.05) is 18.5 Å². The summed E-state index contributed by atoms with van der Waals surface area (Å²) >= 11 is 1.13. The highest BCUT2D eigenvalue weighted by Crippen LogP contribution is 2.19. The third-order valence-corrected chi connectivity index (χ3v) is 6.14. The molecular formula is C28H27N5O4S. The number of aryl methyl sites for hydroxylation is 2. The molecule has 0 spiro atoms. The maximum atomic E-state index is 12.4. The molecule has 10 heteroatoms. The van der Waals surface area contributed by atoms with Gasteiger partial charge in [0.15, 0.2) is 0 Å². The minimum absolute atomic E-state index is 0.0241. The Morgan fingerprint density at radius 2 is 1.74 bits per heavy atom. The fraction of sp³-hybridized carbons (Fsp3) is 0.179. The van der Waals surface area contributed by atoms with E-state index < -0.39 is 0 Å². The van der Waals surface area contributed by atoms with Gasteiger partial charge in [-0.3, -0.25) is 14.9 Å². The molecule has 0 radical (unpaired) electrons. The van der Waals surface area contributed by atoms with E-state index in [1.165, 1.54) is 6.21 Å². The first kappa shape index (κ1) is 26.5. The van der Waals surface area contributed by atoms with Crippen LogP contribution in [0.25, 0.3) is 0 Å².